The van der Waals surface area contributed by atoms with Gasteiger partial charge in [0.05, 0.1) is 0 Å². The molecule has 0 saturated carbocycles. The van der Waals surface area contributed by atoms with Crippen molar-refractivity contribution in [1.82, 2.24) is 10.2 Å². The molecule has 0 aliphatic carbocycles. The minimum absolute atomic E-state index is 0.113. The maximum Gasteiger partial charge on any atom is 0.246 e. The van der Waals surface area contributed by atoms with Gasteiger partial charge in [0.25, 0.3) is 0 Å². The van der Waals surface area contributed by atoms with Crippen LogP contribution in [0.2, 0.25) is 0 Å². The summed E-state index contributed by atoms with van der Waals surface area (Å²) in [6.07, 6.45) is 2.43. The molecule has 6 nitrogen and oxygen atoms in total. The van der Waals surface area contributed by atoms with E-state index in [4.69, 9.17) is 5.73 Å². The first-order valence-electron chi connectivity index (χ1n) is 7.55. The Kier molecular flexibility index (Phi) is 3.83. The highest BCUT2D eigenvalue weighted by Gasteiger charge is 2.38. The number of carbonyl (C=O) groups excluding carboxylic acids is 3. The van der Waals surface area contributed by atoms with Gasteiger partial charge < -0.3 is 16.0 Å². The molecule has 0 aromatic heterocycles. The van der Waals surface area contributed by atoms with Gasteiger partial charge in [0.2, 0.25) is 17.7 Å². The highest BCUT2D eigenvalue weighted by Crippen LogP contribution is 2.30. The summed E-state index contributed by atoms with van der Waals surface area (Å²) in [5.41, 5.74) is 7.38. The smallest absolute Gasteiger partial charge is 0.246 e. The molecule has 1 saturated heterocycles. The molecule has 116 valence electrons. The Morgan fingerprint density at radius 3 is 2.73 bits per heavy atom. The third-order valence-corrected chi connectivity index (χ3v) is 4.37. The summed E-state index contributed by atoms with van der Waals surface area (Å²) in [6.45, 7) is 0.440. The molecule has 1 aromatic rings. The summed E-state index contributed by atoms with van der Waals surface area (Å²) in [5, 5.41) is 2.71. The third-order valence-electron chi connectivity index (χ3n) is 4.37. The van der Waals surface area contributed by atoms with Crippen LogP contribution >= 0.6 is 0 Å². The van der Waals surface area contributed by atoms with Gasteiger partial charge in [-0.05, 0) is 30.4 Å². The normalized spacial score (nSPS) is 24.4. The van der Waals surface area contributed by atoms with Crippen LogP contribution in [0.5, 0.6) is 0 Å². The van der Waals surface area contributed by atoms with E-state index in [9.17, 15) is 14.4 Å². The van der Waals surface area contributed by atoms with Gasteiger partial charge in [0, 0.05) is 13.0 Å². The predicted octanol–water partition coefficient (Wildman–Crippen LogP) is 0.266. The molecule has 2 aliphatic heterocycles. The topological polar surface area (TPSA) is 92.5 Å². The number of nitrogens with zero attached hydrogens (tertiary/aromatic N) is 1. The number of primary amides is 1. The number of hydrogen-bond donors (Lipinski definition) is 2. The molecular formula is C16H19N3O3. The molecule has 1 aromatic carbocycles. The minimum Gasteiger partial charge on any atom is -0.368 e. The largest absolute Gasteiger partial charge is 0.368 e. The average Bonchev–Trinajstić information content (AvgIpc) is 2.52. The van der Waals surface area contributed by atoms with Crippen molar-refractivity contribution in [3.05, 3.63) is 35.4 Å². The number of piperidine rings is 1. The lowest BCUT2D eigenvalue weighted by molar-refractivity contribution is -0.144. The molecule has 3 rings (SSSR count). The fraction of sp³-hybridized carbons (Fsp3) is 0.438. The van der Waals surface area contributed by atoms with Crippen molar-refractivity contribution in [2.45, 2.75) is 37.8 Å². The van der Waals surface area contributed by atoms with Gasteiger partial charge in [-0.25, -0.2) is 0 Å². The third kappa shape index (κ3) is 2.56. The lowest BCUT2D eigenvalue weighted by Crippen LogP contribution is -2.54. The van der Waals surface area contributed by atoms with Crippen molar-refractivity contribution in [2.24, 2.45) is 5.73 Å². The SMILES string of the molecule is NC(=O)C1c2ccccc2CCN1C(=O)[C@H]1CCCC(=O)N1. The van der Waals surface area contributed by atoms with Crippen molar-refractivity contribution in [3.63, 3.8) is 0 Å². The molecule has 3 amide bonds. The summed E-state index contributed by atoms with van der Waals surface area (Å²) in [4.78, 5) is 37.7. The number of fused-ring (bicyclic) bond motifs is 1. The van der Waals surface area contributed by atoms with Crippen molar-refractivity contribution < 1.29 is 14.4 Å². The van der Waals surface area contributed by atoms with Crippen LogP contribution in [0.1, 0.15) is 36.4 Å². The van der Waals surface area contributed by atoms with Crippen LogP contribution in [-0.2, 0) is 20.8 Å². The monoisotopic (exact) mass is 301 g/mol. The Morgan fingerprint density at radius 1 is 1.23 bits per heavy atom. The van der Waals surface area contributed by atoms with Crippen molar-refractivity contribution in [3.8, 4) is 0 Å². The quantitative estimate of drug-likeness (QED) is 0.821. The van der Waals surface area contributed by atoms with E-state index < -0.39 is 18.0 Å². The van der Waals surface area contributed by atoms with Crippen LogP contribution in [-0.4, -0.2) is 35.2 Å². The van der Waals surface area contributed by atoms with E-state index >= 15 is 0 Å². The number of benzene rings is 1. The van der Waals surface area contributed by atoms with E-state index in [1.54, 1.807) is 0 Å². The number of hydrogen-bond acceptors (Lipinski definition) is 3. The van der Waals surface area contributed by atoms with Crippen LogP contribution in [0.4, 0.5) is 0 Å². The second kappa shape index (κ2) is 5.79. The standard InChI is InChI=1S/C16H19N3O3/c17-15(21)14-11-5-2-1-4-10(11)8-9-19(14)16(22)12-6-3-7-13(20)18-12/h1-2,4-5,12,14H,3,6-9H2,(H2,17,21)(H,18,20)/t12-,14?/m1/s1. The van der Waals surface area contributed by atoms with Crippen molar-refractivity contribution in [2.75, 3.05) is 6.54 Å². The molecule has 0 radical (unpaired) electrons. The fourth-order valence-corrected chi connectivity index (χ4v) is 3.30. The summed E-state index contributed by atoms with van der Waals surface area (Å²) in [5.74, 6) is -0.869. The number of nitrogens with two attached hydrogens (primary N) is 1. The van der Waals surface area contributed by atoms with Crippen molar-refractivity contribution in [1.29, 1.82) is 0 Å². The summed E-state index contributed by atoms with van der Waals surface area (Å²) in [7, 11) is 0. The Balaban J connectivity index is 1.88. The number of rotatable bonds is 2. The molecule has 6 heteroatoms. The molecule has 2 heterocycles. The first kappa shape index (κ1) is 14.6. The van der Waals surface area contributed by atoms with Gasteiger partial charge in [-0.15, -0.1) is 0 Å². The summed E-state index contributed by atoms with van der Waals surface area (Å²) in [6, 6.07) is 6.24. The number of carbonyl (C=O) groups is 3. The second-order valence-electron chi connectivity index (χ2n) is 5.80. The Bertz CT molecular complexity index is 629. The molecule has 0 bridgehead atoms. The highest BCUT2D eigenvalue weighted by atomic mass is 16.2. The lowest BCUT2D eigenvalue weighted by atomic mass is 9.91. The van der Waals surface area contributed by atoms with Crippen LogP contribution in [0, 0.1) is 0 Å². The van der Waals surface area contributed by atoms with Crippen LogP contribution < -0.4 is 11.1 Å². The first-order valence-corrected chi connectivity index (χ1v) is 7.55. The van der Waals surface area contributed by atoms with E-state index in [-0.39, 0.29) is 11.8 Å². The van der Waals surface area contributed by atoms with E-state index in [0.29, 0.717) is 32.2 Å². The number of amides is 3. The molecule has 1 unspecified atom stereocenters. The molecule has 1 fully saturated rings. The zero-order chi connectivity index (χ0) is 15.7. The molecular weight excluding hydrogens is 282 g/mol. The van der Waals surface area contributed by atoms with Gasteiger partial charge in [0.1, 0.15) is 12.1 Å². The molecule has 2 atom stereocenters. The summed E-state index contributed by atoms with van der Waals surface area (Å²) < 4.78 is 0. The van der Waals surface area contributed by atoms with Crippen LogP contribution in [0.25, 0.3) is 0 Å². The average molecular weight is 301 g/mol. The molecule has 0 spiro atoms. The Hall–Kier alpha value is -2.37. The maximum absolute atomic E-state index is 12.7. The van der Waals surface area contributed by atoms with Crippen LogP contribution in [0.3, 0.4) is 0 Å². The second-order valence-corrected chi connectivity index (χ2v) is 5.80. The highest BCUT2D eigenvalue weighted by molar-refractivity contribution is 5.93. The Morgan fingerprint density at radius 2 is 2.00 bits per heavy atom. The number of nitrogens with one attached hydrogen (secondary N) is 1. The van der Waals surface area contributed by atoms with Gasteiger partial charge in [-0.1, -0.05) is 24.3 Å². The van der Waals surface area contributed by atoms with Gasteiger partial charge in [0.15, 0.2) is 0 Å². The summed E-state index contributed by atoms with van der Waals surface area (Å²) >= 11 is 0. The molecule has 3 N–H and O–H groups in total. The molecule has 2 aliphatic rings. The zero-order valence-electron chi connectivity index (χ0n) is 12.2. The van der Waals surface area contributed by atoms with Gasteiger partial charge >= 0.3 is 0 Å². The lowest BCUT2D eigenvalue weighted by Gasteiger charge is -2.38. The first-order chi connectivity index (χ1) is 10.6. The maximum atomic E-state index is 12.7. The molecule has 22 heavy (non-hydrogen) atoms. The Labute approximate surface area is 128 Å². The van der Waals surface area contributed by atoms with E-state index in [2.05, 4.69) is 5.32 Å². The van der Waals surface area contributed by atoms with E-state index in [0.717, 1.165) is 11.1 Å². The van der Waals surface area contributed by atoms with Crippen LogP contribution in [0.15, 0.2) is 24.3 Å². The fourth-order valence-electron chi connectivity index (χ4n) is 3.30. The van der Waals surface area contributed by atoms with E-state index in [1.165, 1.54) is 4.90 Å². The minimum atomic E-state index is -0.753. The van der Waals surface area contributed by atoms with Gasteiger partial charge in [-0.2, -0.15) is 0 Å². The van der Waals surface area contributed by atoms with Gasteiger partial charge in [-0.3, -0.25) is 14.4 Å². The zero-order valence-corrected chi connectivity index (χ0v) is 12.2. The van der Waals surface area contributed by atoms with E-state index in [1.807, 2.05) is 24.3 Å². The van der Waals surface area contributed by atoms with Crippen molar-refractivity contribution >= 4 is 17.7 Å². The predicted molar refractivity (Wildman–Crippen MR) is 79.6 cm³/mol.